The third kappa shape index (κ3) is 7.22. The van der Waals surface area contributed by atoms with E-state index in [-0.39, 0.29) is 23.5 Å². The van der Waals surface area contributed by atoms with Crippen LogP contribution in [0.25, 0.3) is 11.3 Å². The highest BCUT2D eigenvalue weighted by atomic mass is 32.1. The Balaban J connectivity index is 1.36. The van der Waals surface area contributed by atoms with Crippen LogP contribution in [0.1, 0.15) is 42.5 Å². The summed E-state index contributed by atoms with van der Waals surface area (Å²) in [6.45, 7) is 3.21. The number of para-hydroxylation sites is 1. The average molecular weight is 581 g/mol. The first kappa shape index (κ1) is 29.0. The molecule has 2 unspecified atom stereocenters. The summed E-state index contributed by atoms with van der Waals surface area (Å²) in [5, 5.41) is 17.4. The number of aryl methyl sites for hydroxylation is 1. The number of hydrogen-bond donors (Lipinski definition) is 4. The number of hydrogen-bond acceptors (Lipinski definition) is 6. The smallest absolute Gasteiger partial charge is 0.245 e. The molecular formula is C33H36N6O2S. The van der Waals surface area contributed by atoms with Crippen LogP contribution in [0.4, 0.5) is 11.6 Å². The Kier molecular flexibility index (Phi) is 9.28. The molecule has 0 bridgehead atoms. The summed E-state index contributed by atoms with van der Waals surface area (Å²) < 4.78 is 0. The minimum Gasteiger partial charge on any atom is -0.507 e. The van der Waals surface area contributed by atoms with Crippen LogP contribution in [0.15, 0.2) is 84.9 Å². The van der Waals surface area contributed by atoms with Gasteiger partial charge in [-0.3, -0.25) is 4.79 Å². The molecule has 4 aromatic rings. The third-order valence-electron chi connectivity index (χ3n) is 7.58. The van der Waals surface area contributed by atoms with Crippen molar-refractivity contribution in [3.63, 3.8) is 0 Å². The molecule has 0 radical (unpaired) electrons. The van der Waals surface area contributed by atoms with Gasteiger partial charge in [0.2, 0.25) is 11.9 Å². The van der Waals surface area contributed by atoms with Gasteiger partial charge < -0.3 is 26.4 Å². The predicted molar refractivity (Wildman–Crippen MR) is 171 cm³/mol. The van der Waals surface area contributed by atoms with Crippen molar-refractivity contribution in [2.24, 2.45) is 0 Å². The van der Waals surface area contributed by atoms with Crippen LogP contribution >= 0.6 is 12.2 Å². The number of nitrogens with zero attached hydrogens (tertiary/aromatic N) is 3. The van der Waals surface area contributed by atoms with Gasteiger partial charge >= 0.3 is 0 Å². The minimum absolute atomic E-state index is 0.0173. The van der Waals surface area contributed by atoms with Gasteiger partial charge in [-0.05, 0) is 72.9 Å². The maximum atomic E-state index is 14.0. The van der Waals surface area contributed by atoms with Crippen molar-refractivity contribution in [1.29, 1.82) is 0 Å². The molecule has 0 saturated carbocycles. The van der Waals surface area contributed by atoms with Gasteiger partial charge in [-0.15, -0.1) is 0 Å². The zero-order valence-corrected chi connectivity index (χ0v) is 24.5. The van der Waals surface area contributed by atoms with E-state index in [0.717, 1.165) is 41.8 Å². The van der Waals surface area contributed by atoms with Crippen LogP contribution in [0.5, 0.6) is 5.75 Å². The van der Waals surface area contributed by atoms with Crippen molar-refractivity contribution >= 4 is 34.9 Å². The van der Waals surface area contributed by atoms with Crippen LogP contribution in [-0.2, 0) is 17.6 Å². The highest BCUT2D eigenvalue weighted by Crippen LogP contribution is 2.33. The van der Waals surface area contributed by atoms with Gasteiger partial charge in [0.1, 0.15) is 11.8 Å². The molecule has 8 nitrogen and oxygen atoms in total. The lowest BCUT2D eigenvalue weighted by molar-refractivity contribution is -0.134. The molecule has 1 saturated heterocycles. The first-order chi connectivity index (χ1) is 20.4. The largest absolute Gasteiger partial charge is 0.507 e. The number of benzene rings is 3. The Hall–Kier alpha value is -4.50. The molecule has 2 heterocycles. The summed E-state index contributed by atoms with van der Waals surface area (Å²) in [5.74, 6) is 0.256. The van der Waals surface area contributed by atoms with Crippen LogP contribution < -0.4 is 16.4 Å². The van der Waals surface area contributed by atoms with Crippen molar-refractivity contribution in [1.82, 2.24) is 20.2 Å². The fourth-order valence-electron chi connectivity index (χ4n) is 5.38. The van der Waals surface area contributed by atoms with Gasteiger partial charge in [-0.1, -0.05) is 61.5 Å². The number of phenols is 1. The number of nitrogens with two attached hydrogens (primary N) is 1. The SMILES string of the molecule is CCc1ccc(O)c(-c2cc(C3CCCN(C(=O)C(Cc4ccccc4)NC(=S)Nc4ccccc4)C3)nc(N)n2)c1. The molecule has 42 heavy (non-hydrogen) atoms. The Bertz CT molecular complexity index is 1530. The number of piperidine rings is 1. The number of thiocarbonyl (C=S) groups is 1. The van der Waals surface area contributed by atoms with E-state index in [0.29, 0.717) is 35.9 Å². The number of rotatable bonds is 8. The zero-order valence-electron chi connectivity index (χ0n) is 23.7. The molecule has 216 valence electrons. The number of anilines is 2. The van der Waals surface area contributed by atoms with Crippen LogP contribution in [0, 0.1) is 0 Å². The molecule has 5 N–H and O–H groups in total. The summed E-state index contributed by atoms with van der Waals surface area (Å²) in [7, 11) is 0. The van der Waals surface area contributed by atoms with Crippen molar-refractivity contribution < 1.29 is 9.90 Å². The highest BCUT2D eigenvalue weighted by Gasteiger charge is 2.31. The van der Waals surface area contributed by atoms with Gasteiger partial charge in [0.15, 0.2) is 5.11 Å². The standard InChI is InChI=1S/C33H36N6O2S/c1-2-22-15-16-30(40)26(18-22)28-20-27(36-32(34)37-28)24-12-9-17-39(21-24)31(41)29(19-23-10-5-3-6-11-23)38-33(42)35-25-13-7-4-8-14-25/h3-8,10-11,13-16,18,20,24,29,40H,2,9,12,17,19,21H2,1H3,(H2,34,36,37)(H2,35,38,42). The molecule has 9 heteroatoms. The van der Waals surface area contributed by atoms with Crippen molar-refractivity contribution in [2.45, 2.75) is 44.6 Å². The highest BCUT2D eigenvalue weighted by molar-refractivity contribution is 7.80. The Labute approximate surface area is 252 Å². The van der Waals surface area contributed by atoms with E-state index in [1.54, 1.807) is 6.07 Å². The second-order valence-electron chi connectivity index (χ2n) is 10.6. The van der Waals surface area contributed by atoms with Crippen molar-refractivity contribution in [2.75, 3.05) is 24.1 Å². The lowest BCUT2D eigenvalue weighted by atomic mass is 9.92. The second kappa shape index (κ2) is 13.4. The second-order valence-corrected chi connectivity index (χ2v) is 11.0. The van der Waals surface area contributed by atoms with E-state index in [9.17, 15) is 9.90 Å². The van der Waals surface area contributed by atoms with Gasteiger partial charge in [0, 0.05) is 36.7 Å². The molecule has 1 aliphatic heterocycles. The molecule has 3 aromatic carbocycles. The monoisotopic (exact) mass is 580 g/mol. The quantitative estimate of drug-likeness (QED) is 0.208. The minimum atomic E-state index is -0.547. The van der Waals surface area contributed by atoms with Gasteiger partial charge in [0.25, 0.3) is 0 Å². The van der Waals surface area contributed by atoms with Gasteiger partial charge in [-0.25, -0.2) is 9.97 Å². The average Bonchev–Trinajstić information content (AvgIpc) is 3.01. The summed E-state index contributed by atoms with van der Waals surface area (Å²) >= 11 is 5.61. The number of nitrogen functional groups attached to an aromatic ring is 1. The molecular weight excluding hydrogens is 544 g/mol. The Morgan fingerprint density at radius 2 is 1.79 bits per heavy atom. The molecule has 0 spiro atoms. The molecule has 2 atom stereocenters. The lowest BCUT2D eigenvalue weighted by Gasteiger charge is -2.35. The summed E-state index contributed by atoms with van der Waals surface area (Å²) in [6, 6.07) is 26.5. The normalized spacial score (nSPS) is 15.5. The van der Waals surface area contributed by atoms with Gasteiger partial charge in [0.05, 0.1) is 11.4 Å². The maximum Gasteiger partial charge on any atom is 0.245 e. The predicted octanol–water partition coefficient (Wildman–Crippen LogP) is 5.30. The van der Waals surface area contributed by atoms with E-state index in [1.807, 2.05) is 83.8 Å². The molecule has 1 aliphatic rings. The van der Waals surface area contributed by atoms with E-state index in [2.05, 4.69) is 27.5 Å². The van der Waals surface area contributed by atoms with Gasteiger partial charge in [-0.2, -0.15) is 0 Å². The first-order valence-corrected chi connectivity index (χ1v) is 14.7. The van der Waals surface area contributed by atoms with Crippen LogP contribution in [0.2, 0.25) is 0 Å². The maximum absolute atomic E-state index is 14.0. The molecule has 1 aromatic heterocycles. The van der Waals surface area contributed by atoms with E-state index < -0.39 is 6.04 Å². The van der Waals surface area contributed by atoms with E-state index in [1.165, 1.54) is 0 Å². The van der Waals surface area contributed by atoms with Crippen LogP contribution in [-0.4, -0.2) is 50.1 Å². The number of nitrogens with one attached hydrogen (secondary N) is 2. The number of phenolic OH excluding ortho intramolecular Hbond substituents is 1. The Morgan fingerprint density at radius 1 is 1.05 bits per heavy atom. The number of likely N-dealkylation sites (tertiary alicyclic amines) is 1. The van der Waals surface area contributed by atoms with Crippen molar-refractivity contribution in [3.05, 3.63) is 102 Å². The molecule has 1 amide bonds. The van der Waals surface area contributed by atoms with Crippen molar-refractivity contribution in [3.8, 4) is 17.0 Å². The molecule has 5 rings (SSSR count). The number of carbonyl (C=O) groups excluding carboxylic acids is 1. The number of amides is 1. The molecule has 1 fully saturated rings. The summed E-state index contributed by atoms with van der Waals surface area (Å²) in [4.78, 5) is 24.9. The fraction of sp³-hybridized carbons (Fsp3) is 0.273. The van der Waals surface area contributed by atoms with E-state index in [4.69, 9.17) is 18.0 Å². The summed E-state index contributed by atoms with van der Waals surface area (Å²) in [6.07, 6.45) is 3.03. The molecule has 0 aliphatic carbocycles. The van der Waals surface area contributed by atoms with Crippen LogP contribution in [0.3, 0.4) is 0 Å². The fourth-order valence-corrected chi connectivity index (χ4v) is 5.64. The van der Waals surface area contributed by atoms with E-state index >= 15 is 0 Å². The third-order valence-corrected chi connectivity index (χ3v) is 7.80. The number of aromatic hydroxyl groups is 1. The zero-order chi connectivity index (χ0) is 29.5. The lowest BCUT2D eigenvalue weighted by Crippen LogP contribution is -2.52. The summed E-state index contributed by atoms with van der Waals surface area (Å²) in [5.41, 5.74) is 11.1. The number of aromatic nitrogens is 2. The number of carbonyl (C=O) groups is 1. The first-order valence-electron chi connectivity index (χ1n) is 14.3. The Morgan fingerprint density at radius 3 is 2.52 bits per heavy atom. The topological polar surface area (TPSA) is 116 Å².